The Bertz CT molecular complexity index is 2700. The van der Waals surface area contributed by atoms with E-state index in [1.54, 1.807) is 0 Å². The summed E-state index contributed by atoms with van der Waals surface area (Å²) in [5.74, 6) is 1.41. The van der Waals surface area contributed by atoms with E-state index in [2.05, 4.69) is 208 Å². The molecule has 0 saturated heterocycles. The topological polar surface area (TPSA) is 46.4 Å². The van der Waals surface area contributed by atoms with Crippen LogP contribution >= 0.6 is 0 Å². The van der Waals surface area contributed by atoms with Gasteiger partial charge in [0, 0.05) is 41.4 Å². The Balaban J connectivity index is 1.19. The third kappa shape index (κ3) is 10.0. The molecule has 0 spiro atoms. The highest BCUT2D eigenvalue weighted by Crippen LogP contribution is 2.47. The first-order valence-electron chi connectivity index (χ1n) is 25.0. The highest BCUT2D eigenvalue weighted by Gasteiger charge is 2.40. The van der Waals surface area contributed by atoms with Crippen molar-refractivity contribution in [2.75, 3.05) is 19.7 Å². The summed E-state index contributed by atoms with van der Waals surface area (Å²) in [4.78, 5) is 0. The molecule has 344 valence electrons. The normalized spacial score (nSPS) is 19.0. The van der Waals surface area contributed by atoms with Crippen LogP contribution in [0.1, 0.15) is 143 Å². The molecular formula is C61H75BN2O2. The number of rotatable bonds is 16. The first-order chi connectivity index (χ1) is 31.6. The highest BCUT2D eigenvalue weighted by atomic mass is 16.5. The van der Waals surface area contributed by atoms with Crippen LogP contribution in [0.3, 0.4) is 0 Å². The lowest BCUT2D eigenvalue weighted by molar-refractivity contribution is 0.332. The molecule has 2 aliphatic carbocycles. The number of hydrogen-bond acceptors (Lipinski definition) is 4. The SMILES string of the molecule is C/C=C(\C=C/CNC1CC(C)=CC(NC/C=C\C=C2/COc3cc4ccccc4cc32)=C1B(c1ccc(C(C)C)cc1)c1cc2cc3c(cc2o1)C(C)(C)CCC3(C)C)C(C)(C)CCCC. The Morgan fingerprint density at radius 2 is 1.59 bits per heavy atom. The van der Waals surface area contributed by atoms with E-state index in [-0.39, 0.29) is 29.0 Å². The summed E-state index contributed by atoms with van der Waals surface area (Å²) in [7, 11) is 0. The van der Waals surface area contributed by atoms with E-state index in [4.69, 9.17) is 9.15 Å². The van der Waals surface area contributed by atoms with Gasteiger partial charge in [0.1, 0.15) is 17.9 Å². The number of benzene rings is 4. The van der Waals surface area contributed by atoms with Crippen molar-refractivity contribution in [1.82, 2.24) is 10.6 Å². The van der Waals surface area contributed by atoms with Crippen LogP contribution in [0, 0.1) is 5.41 Å². The second-order valence-corrected chi connectivity index (χ2v) is 21.8. The molecule has 0 bridgehead atoms. The summed E-state index contributed by atoms with van der Waals surface area (Å²) in [6.07, 6.45) is 22.9. The standard InChI is InChI=1S/C61H75BN2O2/c1-12-14-28-59(6,7)48(13-2)23-19-32-64-54-34-42(5)33-53(63-31-18-17-22-46-40-65-56-37-45-21-16-15-20-44(45)35-50(46)56)58(54)62(49-26-24-43(25-27-49)41(3)4)57-38-47-36-51-52(39-55(47)66-57)61(10,11)30-29-60(51,8)9/h13,15-27,33,35-39,41,54,63-64H,12,14,28-32,34,40H2,1-11H3/b18-17-,23-19-,46-22+,48-13+. The summed E-state index contributed by atoms with van der Waals surface area (Å²) in [6, 6.07) is 29.6. The summed E-state index contributed by atoms with van der Waals surface area (Å²) >= 11 is 0. The fraction of sp³-hybridized carbons (Fsp3) is 0.410. The van der Waals surface area contributed by atoms with E-state index in [0.717, 1.165) is 35.7 Å². The maximum absolute atomic E-state index is 7.20. The Hall–Kier alpha value is -5.26. The van der Waals surface area contributed by atoms with Gasteiger partial charge in [-0.1, -0.05) is 171 Å². The maximum Gasteiger partial charge on any atom is 0.287 e. The molecule has 4 nitrogen and oxygen atoms in total. The van der Waals surface area contributed by atoms with Crippen molar-refractivity contribution >= 4 is 45.1 Å². The van der Waals surface area contributed by atoms with Crippen LogP contribution in [0.25, 0.3) is 27.3 Å². The number of fused-ring (bicyclic) bond motifs is 4. The maximum atomic E-state index is 7.20. The molecule has 8 rings (SSSR count). The lowest BCUT2D eigenvalue weighted by Gasteiger charge is -2.41. The molecule has 4 aromatic carbocycles. The van der Waals surface area contributed by atoms with Crippen molar-refractivity contribution in [3.8, 4) is 5.75 Å². The number of hydrogen-bond donors (Lipinski definition) is 2. The largest absolute Gasteiger partial charge is 0.488 e. The minimum atomic E-state index is -0.114. The van der Waals surface area contributed by atoms with Gasteiger partial charge in [0.2, 0.25) is 0 Å². The number of unbranched alkanes of at least 4 members (excludes halogenated alkanes) is 1. The fourth-order valence-electron chi connectivity index (χ4n) is 10.8. The van der Waals surface area contributed by atoms with E-state index in [0.29, 0.717) is 19.1 Å². The van der Waals surface area contributed by atoms with Crippen molar-refractivity contribution in [2.45, 2.75) is 137 Å². The molecule has 0 fully saturated rings. The zero-order valence-corrected chi connectivity index (χ0v) is 42.0. The molecule has 1 atom stereocenters. The van der Waals surface area contributed by atoms with Crippen LogP contribution in [0.5, 0.6) is 5.75 Å². The quantitative estimate of drug-likeness (QED) is 0.0766. The van der Waals surface area contributed by atoms with Gasteiger partial charge < -0.3 is 19.8 Å². The van der Waals surface area contributed by atoms with Gasteiger partial charge in [0.25, 0.3) is 6.71 Å². The van der Waals surface area contributed by atoms with Gasteiger partial charge in [-0.05, 0) is 137 Å². The van der Waals surface area contributed by atoms with E-state index in [1.807, 2.05) is 0 Å². The van der Waals surface area contributed by atoms with Crippen LogP contribution in [0.15, 0.2) is 148 Å². The van der Waals surface area contributed by atoms with Crippen molar-refractivity contribution in [1.29, 1.82) is 0 Å². The lowest BCUT2D eigenvalue weighted by atomic mass is 9.36. The number of furan rings is 1. The first kappa shape index (κ1) is 47.2. The molecule has 1 aliphatic heterocycles. The lowest BCUT2D eigenvalue weighted by Crippen LogP contribution is -2.52. The third-order valence-electron chi connectivity index (χ3n) is 15.1. The molecule has 2 N–H and O–H groups in total. The fourth-order valence-corrected chi connectivity index (χ4v) is 10.8. The number of ether oxygens (including phenoxy) is 1. The molecular weight excluding hydrogens is 803 g/mol. The molecule has 66 heavy (non-hydrogen) atoms. The van der Waals surface area contributed by atoms with E-state index in [1.165, 1.54) is 98.2 Å². The van der Waals surface area contributed by atoms with Gasteiger partial charge in [-0.3, -0.25) is 0 Å². The van der Waals surface area contributed by atoms with E-state index < -0.39 is 0 Å². The minimum Gasteiger partial charge on any atom is -0.488 e. The van der Waals surface area contributed by atoms with Gasteiger partial charge in [0.05, 0.1) is 5.66 Å². The first-order valence-corrected chi connectivity index (χ1v) is 25.0. The predicted octanol–water partition coefficient (Wildman–Crippen LogP) is 14.1. The van der Waals surface area contributed by atoms with Crippen LogP contribution in [-0.2, 0) is 10.8 Å². The molecule has 0 saturated carbocycles. The second kappa shape index (κ2) is 19.5. The predicted molar refractivity (Wildman–Crippen MR) is 285 cm³/mol. The zero-order chi connectivity index (χ0) is 46.8. The van der Waals surface area contributed by atoms with E-state index >= 15 is 0 Å². The van der Waals surface area contributed by atoms with Gasteiger partial charge in [-0.15, -0.1) is 0 Å². The second-order valence-electron chi connectivity index (χ2n) is 21.8. The Kier molecular flexibility index (Phi) is 14.0. The van der Waals surface area contributed by atoms with Gasteiger partial charge in [-0.25, -0.2) is 0 Å². The molecule has 5 aromatic rings. The molecule has 0 radical (unpaired) electrons. The van der Waals surface area contributed by atoms with Crippen LogP contribution in [0.2, 0.25) is 0 Å². The minimum absolute atomic E-state index is 0.0754. The average molecular weight is 879 g/mol. The third-order valence-corrected chi connectivity index (χ3v) is 15.1. The molecule has 0 amide bonds. The highest BCUT2D eigenvalue weighted by molar-refractivity contribution is 6.90. The van der Waals surface area contributed by atoms with Crippen LogP contribution in [0.4, 0.5) is 0 Å². The zero-order valence-electron chi connectivity index (χ0n) is 42.0. The number of nitrogens with one attached hydrogen (secondary N) is 2. The van der Waals surface area contributed by atoms with Crippen molar-refractivity contribution in [3.63, 3.8) is 0 Å². The monoisotopic (exact) mass is 879 g/mol. The summed E-state index contributed by atoms with van der Waals surface area (Å²) < 4.78 is 13.3. The van der Waals surface area contributed by atoms with Gasteiger partial charge in [0.15, 0.2) is 0 Å². The summed E-state index contributed by atoms with van der Waals surface area (Å²) in [5, 5.41) is 11.7. The average Bonchev–Trinajstić information content (AvgIpc) is 3.89. The molecule has 1 aromatic heterocycles. The van der Waals surface area contributed by atoms with E-state index in [9.17, 15) is 0 Å². The van der Waals surface area contributed by atoms with Crippen LogP contribution in [-0.4, -0.2) is 32.5 Å². The Morgan fingerprint density at radius 3 is 2.29 bits per heavy atom. The van der Waals surface area contributed by atoms with Gasteiger partial charge in [-0.2, -0.15) is 0 Å². The smallest absolute Gasteiger partial charge is 0.287 e. The molecule has 3 aliphatic rings. The Morgan fingerprint density at radius 1 is 0.879 bits per heavy atom. The molecule has 5 heteroatoms. The van der Waals surface area contributed by atoms with Crippen molar-refractivity contribution < 1.29 is 9.15 Å². The molecule has 2 heterocycles. The summed E-state index contributed by atoms with van der Waals surface area (Å²) in [5.41, 5.74) is 15.4. The van der Waals surface area contributed by atoms with Crippen molar-refractivity contribution in [3.05, 3.63) is 166 Å². The molecule has 1 unspecified atom stereocenters. The Labute approximate surface area is 397 Å². The van der Waals surface area contributed by atoms with Crippen molar-refractivity contribution in [2.24, 2.45) is 5.41 Å². The number of allylic oxidation sites excluding steroid dienone is 6. The summed E-state index contributed by atoms with van der Waals surface area (Å²) in [6.45, 7) is 27.6. The van der Waals surface area contributed by atoms with Crippen LogP contribution < -0.4 is 26.5 Å². The van der Waals surface area contributed by atoms with Gasteiger partial charge >= 0.3 is 0 Å².